The Balaban J connectivity index is 0.000000490. The molecule has 0 aliphatic rings. The minimum atomic E-state index is 0. The first-order valence-electron chi connectivity index (χ1n) is 1.57. The predicted octanol–water partition coefficient (Wildman–Crippen LogP) is -1.13. The zero-order chi connectivity index (χ0) is 5.28. The molecular weight excluding hydrogens is 171 g/mol. The molecule has 0 aliphatic carbocycles. The van der Waals surface area contributed by atoms with Crippen molar-refractivity contribution in [2.24, 2.45) is 0 Å². The maximum absolute atomic E-state index is 4.70. The summed E-state index contributed by atoms with van der Waals surface area (Å²) in [5, 5.41) is 5.34. The van der Waals surface area contributed by atoms with Crippen molar-refractivity contribution in [2.45, 2.75) is 0 Å². The molecule has 6 heteroatoms. The molecule has 0 radical (unpaired) electrons. The smallest absolute Gasteiger partial charge is 0.281 e. The minimum absolute atomic E-state index is 0. The Bertz CT molecular complexity index is 220. The summed E-state index contributed by atoms with van der Waals surface area (Å²) in [4.78, 5) is 0. The maximum Gasteiger partial charge on any atom is 1.00 e. The van der Waals surface area contributed by atoms with Crippen molar-refractivity contribution in [2.75, 3.05) is 0 Å². The van der Waals surface area contributed by atoms with E-state index in [0.717, 1.165) is 0 Å². The summed E-state index contributed by atoms with van der Waals surface area (Å²) < 4.78 is 1.40. The van der Waals surface area contributed by atoms with Crippen LogP contribution in [0.15, 0.2) is 0 Å². The molecular formula is C2H2N2NaS3+. The normalized spacial score (nSPS) is 8.00. The van der Waals surface area contributed by atoms with Crippen molar-refractivity contribution in [1.29, 1.82) is 0 Å². The van der Waals surface area contributed by atoms with Gasteiger partial charge < -0.3 is 0 Å². The summed E-state index contributed by atoms with van der Waals surface area (Å²) in [6.45, 7) is 0. The Morgan fingerprint density at radius 1 is 1.12 bits per heavy atom. The molecule has 0 bridgehead atoms. The van der Waals surface area contributed by atoms with Gasteiger partial charge in [-0.05, 0) is 24.4 Å². The number of H-pyrrole nitrogens is 2. The van der Waals surface area contributed by atoms with E-state index in [9.17, 15) is 0 Å². The van der Waals surface area contributed by atoms with Gasteiger partial charge in [-0.15, -0.1) is 0 Å². The fourth-order valence-electron chi connectivity index (χ4n) is 0.237. The van der Waals surface area contributed by atoms with E-state index in [2.05, 4.69) is 10.2 Å². The second kappa shape index (κ2) is 3.92. The Morgan fingerprint density at radius 2 is 1.50 bits per heavy atom. The molecule has 0 aliphatic heterocycles. The van der Waals surface area contributed by atoms with Crippen molar-refractivity contribution in [1.82, 2.24) is 10.2 Å². The fraction of sp³-hybridized carbons (Fsp3) is 0. The Hall–Kier alpha value is 1.00. The van der Waals surface area contributed by atoms with Crippen LogP contribution in [0.4, 0.5) is 0 Å². The minimum Gasteiger partial charge on any atom is -0.281 e. The molecule has 1 rings (SSSR count). The summed E-state index contributed by atoms with van der Waals surface area (Å²) in [6.07, 6.45) is 0. The van der Waals surface area contributed by atoms with Gasteiger partial charge >= 0.3 is 29.6 Å². The molecule has 0 saturated heterocycles. The van der Waals surface area contributed by atoms with Gasteiger partial charge in [-0.25, -0.2) is 0 Å². The third-order valence-electron chi connectivity index (χ3n) is 0.452. The van der Waals surface area contributed by atoms with E-state index in [-0.39, 0.29) is 29.6 Å². The van der Waals surface area contributed by atoms with E-state index in [1.165, 1.54) is 11.3 Å². The van der Waals surface area contributed by atoms with E-state index in [1.807, 2.05) is 0 Å². The number of nitrogens with one attached hydrogen (secondary N) is 2. The zero-order valence-electron chi connectivity index (χ0n) is 4.22. The monoisotopic (exact) mass is 173 g/mol. The van der Waals surface area contributed by atoms with Crippen LogP contribution < -0.4 is 29.6 Å². The van der Waals surface area contributed by atoms with E-state index in [4.69, 9.17) is 24.4 Å². The number of rotatable bonds is 0. The molecule has 0 atom stereocenters. The van der Waals surface area contributed by atoms with Crippen LogP contribution in [0.25, 0.3) is 0 Å². The van der Waals surface area contributed by atoms with Crippen LogP contribution >= 0.6 is 35.8 Å². The largest absolute Gasteiger partial charge is 1.00 e. The van der Waals surface area contributed by atoms with Crippen LogP contribution in [0.3, 0.4) is 0 Å². The summed E-state index contributed by atoms with van der Waals surface area (Å²) in [7, 11) is 0. The first-order chi connectivity index (χ1) is 3.29. The average Bonchev–Trinajstić information content (AvgIpc) is 1.87. The van der Waals surface area contributed by atoms with Gasteiger partial charge in [-0.2, -0.15) is 0 Å². The van der Waals surface area contributed by atoms with E-state index in [0.29, 0.717) is 7.91 Å². The number of hydrogen-bond acceptors (Lipinski definition) is 3. The third-order valence-corrected chi connectivity index (χ3v) is 1.73. The molecule has 1 aromatic heterocycles. The first-order valence-corrected chi connectivity index (χ1v) is 3.20. The Morgan fingerprint density at radius 3 is 1.62 bits per heavy atom. The Labute approximate surface area is 82.6 Å². The van der Waals surface area contributed by atoms with Gasteiger partial charge in [-0.3, -0.25) is 10.2 Å². The molecule has 0 amide bonds. The second-order valence-electron chi connectivity index (χ2n) is 0.927. The number of hydrogen-bond donors (Lipinski definition) is 2. The fourth-order valence-corrected chi connectivity index (χ4v) is 1.37. The van der Waals surface area contributed by atoms with E-state index in [1.54, 1.807) is 0 Å². The molecule has 0 spiro atoms. The molecule has 1 heterocycles. The Kier molecular flexibility index (Phi) is 4.41. The van der Waals surface area contributed by atoms with E-state index >= 15 is 0 Å². The van der Waals surface area contributed by atoms with Crippen molar-refractivity contribution in [3.8, 4) is 0 Å². The molecule has 0 fully saturated rings. The van der Waals surface area contributed by atoms with Crippen LogP contribution in [0, 0.1) is 7.91 Å². The topological polar surface area (TPSA) is 31.6 Å². The quantitative estimate of drug-likeness (QED) is 0.384. The number of aromatic nitrogens is 2. The van der Waals surface area contributed by atoms with Gasteiger partial charge in [0.25, 0.3) is 0 Å². The van der Waals surface area contributed by atoms with Crippen LogP contribution in [0.1, 0.15) is 0 Å². The first kappa shape index (κ1) is 9.00. The summed E-state index contributed by atoms with van der Waals surface area (Å²) in [5.41, 5.74) is 0. The van der Waals surface area contributed by atoms with Crippen molar-refractivity contribution in [3.05, 3.63) is 7.91 Å². The zero-order valence-corrected chi connectivity index (χ0v) is 8.67. The molecule has 8 heavy (non-hydrogen) atoms. The van der Waals surface area contributed by atoms with Crippen LogP contribution in [0.5, 0.6) is 0 Å². The van der Waals surface area contributed by atoms with E-state index < -0.39 is 0 Å². The van der Waals surface area contributed by atoms with Crippen molar-refractivity contribution in [3.63, 3.8) is 0 Å². The molecule has 38 valence electrons. The van der Waals surface area contributed by atoms with Gasteiger partial charge in [0.05, 0.1) is 0 Å². The van der Waals surface area contributed by atoms with Gasteiger partial charge in [0.2, 0.25) is 0 Å². The molecule has 2 N–H and O–H groups in total. The SMILES string of the molecule is S=c1[nH][nH]c(=S)s1.[Na+]. The number of aromatic amines is 2. The van der Waals surface area contributed by atoms with Gasteiger partial charge in [-0.1, -0.05) is 11.3 Å². The average molecular weight is 173 g/mol. The van der Waals surface area contributed by atoms with Crippen LogP contribution in [-0.2, 0) is 0 Å². The predicted molar refractivity (Wildman–Crippen MR) is 34.7 cm³/mol. The second-order valence-corrected chi connectivity index (χ2v) is 3.28. The summed E-state index contributed by atoms with van der Waals surface area (Å²) in [5.74, 6) is 0. The molecule has 0 saturated carbocycles. The van der Waals surface area contributed by atoms with Gasteiger partial charge in [0, 0.05) is 0 Å². The van der Waals surface area contributed by atoms with Gasteiger partial charge in [0.15, 0.2) is 7.91 Å². The standard InChI is InChI=1S/C2H2N2S3.Na/c5-1-3-4-2(6)7-1;/h(H,3,5)(H,4,6);/q;+1. The summed E-state index contributed by atoms with van der Waals surface area (Å²) >= 11 is 10.8. The van der Waals surface area contributed by atoms with Crippen LogP contribution in [0.2, 0.25) is 0 Å². The molecule has 1 aromatic rings. The van der Waals surface area contributed by atoms with Crippen LogP contribution in [-0.4, -0.2) is 10.2 Å². The summed E-state index contributed by atoms with van der Waals surface area (Å²) in [6, 6.07) is 0. The molecule has 0 unspecified atom stereocenters. The van der Waals surface area contributed by atoms with Gasteiger partial charge in [0.1, 0.15) is 0 Å². The maximum atomic E-state index is 4.70. The van der Waals surface area contributed by atoms with Crippen molar-refractivity contribution < 1.29 is 29.6 Å². The molecule has 2 nitrogen and oxygen atoms in total. The molecule has 0 aromatic carbocycles. The van der Waals surface area contributed by atoms with Crippen molar-refractivity contribution >= 4 is 35.8 Å². The third kappa shape index (κ3) is 2.52.